The Bertz CT molecular complexity index is 551. The van der Waals surface area contributed by atoms with Gasteiger partial charge in [0.1, 0.15) is 6.04 Å². The third kappa shape index (κ3) is 4.20. The van der Waals surface area contributed by atoms with Gasteiger partial charge in [-0.3, -0.25) is 4.79 Å². The smallest absolute Gasteiger partial charge is 0.323 e. The van der Waals surface area contributed by atoms with E-state index in [0.717, 1.165) is 25.0 Å². The van der Waals surface area contributed by atoms with E-state index in [9.17, 15) is 9.59 Å². The number of unbranched alkanes of at least 4 members (excludes halogenated alkanes) is 2. The zero-order valence-electron chi connectivity index (χ0n) is 12.9. The largest absolute Gasteiger partial charge is 0.480 e. The van der Waals surface area contributed by atoms with Gasteiger partial charge in [-0.15, -0.1) is 0 Å². The minimum Gasteiger partial charge on any atom is -0.480 e. The standard InChI is InChI=1S/C15H25N3O4/c1-2-3-4-5-10-6-9(8-22-10)13-12(17-15(21)18-13)7-11(16)14(19)20/h9-11H,2-8,16H2,1H3,(H,19,20)(H2,17,18,21)/t9?,10?,11-/m0/s1. The summed E-state index contributed by atoms with van der Waals surface area (Å²) in [5.74, 6) is -0.977. The maximum absolute atomic E-state index is 11.6. The Morgan fingerprint density at radius 1 is 1.45 bits per heavy atom. The van der Waals surface area contributed by atoms with Crippen molar-refractivity contribution in [2.24, 2.45) is 5.73 Å². The van der Waals surface area contributed by atoms with Crippen molar-refractivity contribution in [2.75, 3.05) is 6.61 Å². The van der Waals surface area contributed by atoms with Gasteiger partial charge in [0.2, 0.25) is 0 Å². The highest BCUT2D eigenvalue weighted by atomic mass is 16.5. The van der Waals surface area contributed by atoms with Crippen molar-refractivity contribution in [3.05, 3.63) is 21.9 Å². The fourth-order valence-electron chi connectivity index (χ4n) is 2.98. The quantitative estimate of drug-likeness (QED) is 0.536. The molecular weight excluding hydrogens is 286 g/mol. The second kappa shape index (κ2) is 7.60. The van der Waals surface area contributed by atoms with E-state index < -0.39 is 12.0 Å². The molecule has 0 spiro atoms. The number of rotatable bonds is 8. The van der Waals surface area contributed by atoms with Crippen LogP contribution in [0.25, 0.3) is 0 Å². The van der Waals surface area contributed by atoms with Crippen molar-refractivity contribution in [1.29, 1.82) is 0 Å². The molecule has 7 nitrogen and oxygen atoms in total. The molecule has 0 radical (unpaired) electrons. The Labute approximate surface area is 129 Å². The average molecular weight is 311 g/mol. The summed E-state index contributed by atoms with van der Waals surface area (Å²) in [4.78, 5) is 27.9. The lowest BCUT2D eigenvalue weighted by Gasteiger charge is -2.11. The van der Waals surface area contributed by atoms with E-state index in [-0.39, 0.29) is 24.1 Å². The molecule has 22 heavy (non-hydrogen) atoms. The molecule has 1 aliphatic heterocycles. The number of carbonyl (C=O) groups is 1. The second-order valence-corrected chi connectivity index (χ2v) is 6.00. The third-order valence-electron chi connectivity index (χ3n) is 4.20. The van der Waals surface area contributed by atoms with E-state index in [1.165, 1.54) is 12.8 Å². The summed E-state index contributed by atoms with van der Waals surface area (Å²) in [6.45, 7) is 2.72. The van der Waals surface area contributed by atoms with Crippen LogP contribution in [-0.4, -0.2) is 39.8 Å². The summed E-state index contributed by atoms with van der Waals surface area (Å²) in [7, 11) is 0. The predicted molar refractivity (Wildman–Crippen MR) is 82.0 cm³/mol. The van der Waals surface area contributed by atoms with Gasteiger partial charge in [-0.25, -0.2) is 4.79 Å². The zero-order chi connectivity index (χ0) is 16.1. The fourth-order valence-corrected chi connectivity index (χ4v) is 2.98. The van der Waals surface area contributed by atoms with E-state index >= 15 is 0 Å². The van der Waals surface area contributed by atoms with Crippen molar-refractivity contribution in [3.63, 3.8) is 0 Å². The zero-order valence-corrected chi connectivity index (χ0v) is 12.9. The van der Waals surface area contributed by atoms with Crippen LogP contribution < -0.4 is 11.4 Å². The first-order chi connectivity index (χ1) is 10.5. The van der Waals surface area contributed by atoms with Crippen LogP contribution in [0.4, 0.5) is 0 Å². The summed E-state index contributed by atoms with van der Waals surface area (Å²) in [6, 6.07) is -1.02. The van der Waals surface area contributed by atoms with Crippen molar-refractivity contribution in [2.45, 2.75) is 63.5 Å². The van der Waals surface area contributed by atoms with Crippen molar-refractivity contribution in [1.82, 2.24) is 9.97 Å². The minimum atomic E-state index is -1.08. The summed E-state index contributed by atoms with van der Waals surface area (Å²) in [5.41, 5.74) is 6.58. The van der Waals surface area contributed by atoms with E-state index in [1.807, 2.05) is 0 Å². The van der Waals surface area contributed by atoms with Gasteiger partial charge < -0.3 is 25.5 Å². The molecule has 7 heteroatoms. The first-order valence-electron chi connectivity index (χ1n) is 7.92. The highest BCUT2D eigenvalue weighted by Crippen LogP contribution is 2.31. The number of aromatic nitrogens is 2. The SMILES string of the molecule is CCCCCC1CC(c2[nH]c(=O)[nH]c2C[C@H](N)C(=O)O)CO1. The molecule has 1 aromatic heterocycles. The van der Waals surface area contributed by atoms with Crippen LogP contribution in [-0.2, 0) is 16.0 Å². The lowest BCUT2D eigenvalue weighted by Crippen LogP contribution is -2.33. The van der Waals surface area contributed by atoms with Gasteiger partial charge in [-0.1, -0.05) is 26.2 Å². The molecule has 0 amide bonds. The number of nitrogens with one attached hydrogen (secondary N) is 2. The molecule has 124 valence electrons. The maximum atomic E-state index is 11.6. The highest BCUT2D eigenvalue weighted by molar-refractivity contribution is 5.73. The molecule has 2 rings (SSSR count). The summed E-state index contributed by atoms with van der Waals surface area (Å²) in [5, 5.41) is 8.92. The molecule has 0 bridgehead atoms. The van der Waals surface area contributed by atoms with Crippen LogP contribution >= 0.6 is 0 Å². The molecular formula is C15H25N3O4. The van der Waals surface area contributed by atoms with Crippen molar-refractivity contribution < 1.29 is 14.6 Å². The van der Waals surface area contributed by atoms with Gasteiger partial charge in [0.15, 0.2) is 0 Å². The number of carboxylic acids is 1. The number of ether oxygens (including phenoxy) is 1. The number of nitrogens with two attached hydrogens (primary N) is 1. The number of imidazole rings is 1. The highest BCUT2D eigenvalue weighted by Gasteiger charge is 2.30. The van der Waals surface area contributed by atoms with Gasteiger partial charge in [-0.2, -0.15) is 0 Å². The molecule has 0 aliphatic carbocycles. The number of hydrogen-bond donors (Lipinski definition) is 4. The van der Waals surface area contributed by atoms with Gasteiger partial charge in [0, 0.05) is 23.7 Å². The number of hydrogen-bond acceptors (Lipinski definition) is 4. The minimum absolute atomic E-state index is 0.0987. The van der Waals surface area contributed by atoms with Gasteiger partial charge in [0.05, 0.1) is 12.7 Å². The monoisotopic (exact) mass is 311 g/mol. The van der Waals surface area contributed by atoms with Crippen LogP contribution in [0.3, 0.4) is 0 Å². The Morgan fingerprint density at radius 3 is 2.91 bits per heavy atom. The van der Waals surface area contributed by atoms with E-state index in [2.05, 4.69) is 16.9 Å². The first kappa shape index (κ1) is 16.8. The van der Waals surface area contributed by atoms with Crippen molar-refractivity contribution >= 4 is 5.97 Å². The number of H-pyrrole nitrogens is 2. The van der Waals surface area contributed by atoms with Crippen LogP contribution in [0.2, 0.25) is 0 Å². The Balaban J connectivity index is 2.00. The van der Waals surface area contributed by atoms with E-state index in [0.29, 0.717) is 12.3 Å². The van der Waals surface area contributed by atoms with Crippen LogP contribution in [0.15, 0.2) is 4.79 Å². The van der Waals surface area contributed by atoms with Gasteiger partial charge in [0.25, 0.3) is 0 Å². The predicted octanol–water partition coefficient (Wildman–Crippen LogP) is 1.11. The number of carboxylic acid groups (broad SMARTS) is 1. The maximum Gasteiger partial charge on any atom is 0.323 e. The topological polar surface area (TPSA) is 121 Å². The Morgan fingerprint density at radius 2 is 2.23 bits per heavy atom. The molecule has 1 saturated heterocycles. The van der Waals surface area contributed by atoms with Gasteiger partial charge in [-0.05, 0) is 12.8 Å². The molecule has 2 unspecified atom stereocenters. The lowest BCUT2D eigenvalue weighted by atomic mass is 9.96. The molecule has 5 N–H and O–H groups in total. The van der Waals surface area contributed by atoms with Gasteiger partial charge >= 0.3 is 11.7 Å². The normalized spacial score (nSPS) is 22.8. The molecule has 0 saturated carbocycles. The first-order valence-corrected chi connectivity index (χ1v) is 7.92. The molecule has 0 aromatic carbocycles. The van der Waals surface area contributed by atoms with Crippen LogP contribution in [0, 0.1) is 0 Å². The fraction of sp³-hybridized carbons (Fsp3) is 0.733. The average Bonchev–Trinajstić information content (AvgIpc) is 3.05. The second-order valence-electron chi connectivity index (χ2n) is 6.00. The molecule has 1 aliphatic rings. The van der Waals surface area contributed by atoms with Crippen LogP contribution in [0.1, 0.15) is 56.3 Å². The van der Waals surface area contributed by atoms with E-state index in [1.54, 1.807) is 0 Å². The summed E-state index contributed by atoms with van der Waals surface area (Å²) in [6.07, 6.45) is 5.74. The Kier molecular flexibility index (Phi) is 5.79. The van der Waals surface area contributed by atoms with Crippen molar-refractivity contribution in [3.8, 4) is 0 Å². The summed E-state index contributed by atoms with van der Waals surface area (Å²) < 4.78 is 5.80. The van der Waals surface area contributed by atoms with Crippen LogP contribution in [0.5, 0.6) is 0 Å². The number of aromatic amines is 2. The summed E-state index contributed by atoms with van der Waals surface area (Å²) >= 11 is 0. The molecule has 2 heterocycles. The molecule has 1 fully saturated rings. The molecule has 1 aromatic rings. The molecule has 3 atom stereocenters. The number of aliphatic carboxylic acids is 1. The Hall–Kier alpha value is -1.60. The third-order valence-corrected chi connectivity index (χ3v) is 4.20. The lowest BCUT2D eigenvalue weighted by molar-refractivity contribution is -0.138. The van der Waals surface area contributed by atoms with E-state index in [4.69, 9.17) is 15.6 Å².